The Hall–Kier alpha value is -2.84. The Bertz CT molecular complexity index is 1030. The number of hydrogen-bond donors (Lipinski definition) is 2. The molecule has 1 amide bonds. The second kappa shape index (κ2) is 9.58. The number of phenolic OH excluding ortho intramolecular Hbond substituents is 1. The van der Waals surface area contributed by atoms with Crippen LogP contribution in [0.3, 0.4) is 0 Å². The minimum Gasteiger partial charge on any atom is -0.506 e. The lowest BCUT2D eigenvalue weighted by atomic mass is 10.2. The van der Waals surface area contributed by atoms with Crippen molar-refractivity contribution in [3.8, 4) is 23.0 Å². The summed E-state index contributed by atoms with van der Waals surface area (Å²) in [6.45, 7) is 0. The highest BCUT2D eigenvalue weighted by Gasteiger charge is 2.08. The summed E-state index contributed by atoms with van der Waals surface area (Å²) in [5.41, 5.74) is 3.57. The largest absolute Gasteiger partial charge is 0.506 e. The van der Waals surface area contributed by atoms with Gasteiger partial charge in [0.25, 0.3) is 5.91 Å². The van der Waals surface area contributed by atoms with Gasteiger partial charge in [-0.1, -0.05) is 6.07 Å². The molecule has 0 aliphatic heterocycles. The second-order valence-corrected chi connectivity index (χ2v) is 7.55. The van der Waals surface area contributed by atoms with Gasteiger partial charge in [0.05, 0.1) is 22.3 Å². The van der Waals surface area contributed by atoms with E-state index in [0.717, 1.165) is 5.75 Å². The Morgan fingerprint density at radius 3 is 2.31 bits per heavy atom. The summed E-state index contributed by atoms with van der Waals surface area (Å²) in [6.07, 6.45) is 1.48. The van der Waals surface area contributed by atoms with Crippen LogP contribution in [0.1, 0.15) is 15.9 Å². The third-order valence-corrected chi connectivity index (χ3v) is 5.02. The quantitative estimate of drug-likeness (QED) is 0.333. The molecule has 0 spiro atoms. The maximum absolute atomic E-state index is 12.4. The molecule has 0 aliphatic rings. The minimum absolute atomic E-state index is 0.0971. The SMILES string of the molecule is COc1ccc(Oc2cccc(C(=O)N/N=C/c3cc(Br)c(O)c(Br)c3)c2)cc1. The first-order chi connectivity index (χ1) is 14.0. The fourth-order valence-electron chi connectivity index (χ4n) is 2.37. The molecule has 0 radical (unpaired) electrons. The van der Waals surface area contributed by atoms with Gasteiger partial charge < -0.3 is 14.6 Å². The van der Waals surface area contributed by atoms with Crippen molar-refractivity contribution >= 4 is 44.0 Å². The van der Waals surface area contributed by atoms with Crippen LogP contribution < -0.4 is 14.9 Å². The molecule has 0 saturated carbocycles. The Labute approximate surface area is 184 Å². The van der Waals surface area contributed by atoms with Gasteiger partial charge in [0.1, 0.15) is 23.0 Å². The van der Waals surface area contributed by atoms with Crippen molar-refractivity contribution < 1.29 is 19.4 Å². The van der Waals surface area contributed by atoms with Crippen LogP contribution in [0.4, 0.5) is 0 Å². The topological polar surface area (TPSA) is 80.2 Å². The predicted octanol–water partition coefficient (Wildman–Crippen LogP) is 5.48. The Morgan fingerprint density at radius 2 is 1.66 bits per heavy atom. The van der Waals surface area contributed by atoms with Crippen LogP contribution in [-0.2, 0) is 0 Å². The summed E-state index contributed by atoms with van der Waals surface area (Å²) in [5, 5.41) is 13.7. The number of benzene rings is 3. The first-order valence-electron chi connectivity index (χ1n) is 8.39. The predicted molar refractivity (Wildman–Crippen MR) is 118 cm³/mol. The molecule has 29 heavy (non-hydrogen) atoms. The van der Waals surface area contributed by atoms with E-state index in [1.807, 2.05) is 0 Å². The van der Waals surface area contributed by atoms with Crippen LogP contribution in [-0.4, -0.2) is 24.3 Å². The van der Waals surface area contributed by atoms with Gasteiger partial charge in [0, 0.05) is 5.56 Å². The van der Waals surface area contributed by atoms with Crippen molar-refractivity contribution in [1.29, 1.82) is 0 Å². The Kier molecular flexibility index (Phi) is 6.90. The molecule has 148 valence electrons. The molecule has 3 aromatic carbocycles. The standard InChI is InChI=1S/C21H16Br2N2O4/c1-28-15-5-7-16(8-6-15)29-17-4-2-3-14(11-17)21(27)25-24-12-13-9-18(22)20(26)19(23)10-13/h2-12,26H,1H3,(H,25,27)/b24-12+. The van der Waals surface area contributed by atoms with E-state index in [9.17, 15) is 9.90 Å². The number of phenols is 1. The summed E-state index contributed by atoms with van der Waals surface area (Å²) in [7, 11) is 1.60. The summed E-state index contributed by atoms with van der Waals surface area (Å²) in [5.74, 6) is 1.61. The van der Waals surface area contributed by atoms with Gasteiger partial charge in [-0.15, -0.1) is 0 Å². The lowest BCUT2D eigenvalue weighted by Gasteiger charge is -2.08. The molecule has 0 fully saturated rings. The van der Waals surface area contributed by atoms with Gasteiger partial charge in [0.15, 0.2) is 0 Å². The fourth-order valence-corrected chi connectivity index (χ4v) is 3.59. The number of aromatic hydroxyl groups is 1. The first-order valence-corrected chi connectivity index (χ1v) is 9.98. The molecule has 0 aromatic heterocycles. The van der Waals surface area contributed by atoms with E-state index in [1.165, 1.54) is 6.21 Å². The molecule has 0 atom stereocenters. The van der Waals surface area contributed by atoms with Crippen LogP contribution in [0.15, 0.2) is 74.7 Å². The zero-order valence-electron chi connectivity index (χ0n) is 15.2. The molecule has 3 rings (SSSR count). The molecule has 8 heteroatoms. The Balaban J connectivity index is 1.65. The van der Waals surface area contributed by atoms with Gasteiger partial charge in [-0.05, 0) is 92.0 Å². The highest BCUT2D eigenvalue weighted by atomic mass is 79.9. The molecule has 0 heterocycles. The molecule has 0 saturated heterocycles. The molecule has 6 nitrogen and oxygen atoms in total. The van der Waals surface area contributed by atoms with Crippen molar-refractivity contribution in [2.45, 2.75) is 0 Å². The number of methoxy groups -OCH3 is 1. The number of nitrogens with one attached hydrogen (secondary N) is 1. The molecule has 3 aromatic rings. The average Bonchev–Trinajstić information content (AvgIpc) is 2.72. The molecule has 2 N–H and O–H groups in total. The second-order valence-electron chi connectivity index (χ2n) is 5.84. The number of nitrogens with zero attached hydrogens (tertiary/aromatic N) is 1. The smallest absolute Gasteiger partial charge is 0.271 e. The minimum atomic E-state index is -0.377. The number of carbonyl (C=O) groups excluding carboxylic acids is 1. The van der Waals surface area contributed by atoms with E-state index in [1.54, 1.807) is 67.8 Å². The van der Waals surface area contributed by atoms with Crippen molar-refractivity contribution in [2.24, 2.45) is 5.10 Å². The number of rotatable bonds is 6. The number of hydrogen-bond acceptors (Lipinski definition) is 5. The highest BCUT2D eigenvalue weighted by Crippen LogP contribution is 2.32. The molecular formula is C21H16Br2N2O4. The summed E-state index contributed by atoms with van der Waals surface area (Å²) in [6, 6.07) is 17.3. The average molecular weight is 520 g/mol. The van der Waals surface area contributed by atoms with E-state index in [-0.39, 0.29) is 11.7 Å². The van der Waals surface area contributed by atoms with Crippen LogP contribution in [0.2, 0.25) is 0 Å². The zero-order valence-corrected chi connectivity index (χ0v) is 18.4. The molecular weight excluding hydrogens is 504 g/mol. The van der Waals surface area contributed by atoms with Crippen molar-refractivity contribution in [3.63, 3.8) is 0 Å². The summed E-state index contributed by atoms with van der Waals surface area (Å²) in [4.78, 5) is 12.4. The van der Waals surface area contributed by atoms with Crippen molar-refractivity contribution in [3.05, 3.63) is 80.7 Å². The van der Waals surface area contributed by atoms with Crippen LogP contribution in [0.25, 0.3) is 0 Å². The molecule has 0 bridgehead atoms. The normalized spacial score (nSPS) is 10.7. The first kappa shape index (κ1) is 20.9. The van der Waals surface area contributed by atoms with E-state index in [2.05, 4.69) is 42.4 Å². The van der Waals surface area contributed by atoms with E-state index < -0.39 is 0 Å². The monoisotopic (exact) mass is 518 g/mol. The van der Waals surface area contributed by atoms with Gasteiger partial charge in [0.2, 0.25) is 0 Å². The number of hydrazone groups is 1. The highest BCUT2D eigenvalue weighted by molar-refractivity contribution is 9.11. The molecule has 0 unspecified atom stereocenters. The third-order valence-electron chi connectivity index (χ3n) is 3.81. The summed E-state index contributed by atoms with van der Waals surface area (Å²) >= 11 is 6.50. The van der Waals surface area contributed by atoms with Crippen LogP contribution in [0.5, 0.6) is 23.0 Å². The van der Waals surface area contributed by atoms with Gasteiger partial charge in [-0.25, -0.2) is 5.43 Å². The van der Waals surface area contributed by atoms with Crippen LogP contribution in [0, 0.1) is 0 Å². The zero-order chi connectivity index (χ0) is 20.8. The lowest BCUT2D eigenvalue weighted by molar-refractivity contribution is 0.0955. The lowest BCUT2D eigenvalue weighted by Crippen LogP contribution is -2.17. The van der Waals surface area contributed by atoms with Gasteiger partial charge in [-0.3, -0.25) is 4.79 Å². The fraction of sp³-hybridized carbons (Fsp3) is 0.0476. The van der Waals surface area contributed by atoms with Crippen LogP contribution >= 0.6 is 31.9 Å². The molecule has 0 aliphatic carbocycles. The van der Waals surface area contributed by atoms with Gasteiger partial charge in [-0.2, -0.15) is 5.10 Å². The van der Waals surface area contributed by atoms with Crippen molar-refractivity contribution in [2.75, 3.05) is 7.11 Å². The maximum atomic E-state index is 12.4. The van der Waals surface area contributed by atoms with Gasteiger partial charge >= 0.3 is 0 Å². The number of amides is 1. The van der Waals surface area contributed by atoms with E-state index in [0.29, 0.717) is 31.6 Å². The number of ether oxygens (including phenoxy) is 2. The Morgan fingerprint density at radius 1 is 1.00 bits per heavy atom. The van der Waals surface area contributed by atoms with E-state index >= 15 is 0 Å². The number of halogens is 2. The summed E-state index contributed by atoms with van der Waals surface area (Å²) < 4.78 is 11.9. The van der Waals surface area contributed by atoms with Crippen molar-refractivity contribution in [1.82, 2.24) is 5.43 Å². The third kappa shape index (κ3) is 5.58. The van der Waals surface area contributed by atoms with E-state index in [4.69, 9.17) is 9.47 Å². The maximum Gasteiger partial charge on any atom is 0.271 e. The number of carbonyl (C=O) groups is 1.